The molecule has 0 aromatic heterocycles. The van der Waals surface area contributed by atoms with E-state index in [0.29, 0.717) is 49.9 Å². The molecule has 10 heteroatoms. The number of nitrogens with zero attached hydrogens (tertiary/aromatic N) is 2. The van der Waals surface area contributed by atoms with Crippen LogP contribution < -0.4 is 5.32 Å². The molecule has 0 bridgehead atoms. The Kier molecular flexibility index (Phi) is 7.61. The molecule has 0 spiro atoms. The first kappa shape index (κ1) is 25.5. The molecular formula is C27H27N3O5S2. The van der Waals surface area contributed by atoms with Crippen LogP contribution in [-0.4, -0.2) is 61.5 Å². The number of sulfonamides is 1. The summed E-state index contributed by atoms with van der Waals surface area (Å²) >= 11 is 1.58. The van der Waals surface area contributed by atoms with Gasteiger partial charge >= 0.3 is 0 Å². The molecule has 2 saturated heterocycles. The van der Waals surface area contributed by atoms with Gasteiger partial charge in [-0.1, -0.05) is 42.5 Å². The quantitative estimate of drug-likeness (QED) is 0.494. The van der Waals surface area contributed by atoms with Gasteiger partial charge in [0.1, 0.15) is 5.37 Å². The zero-order chi connectivity index (χ0) is 25.8. The van der Waals surface area contributed by atoms with Crippen molar-refractivity contribution in [2.75, 3.05) is 37.4 Å². The third kappa shape index (κ3) is 5.72. The number of rotatable bonds is 7. The van der Waals surface area contributed by atoms with Crippen LogP contribution in [0.3, 0.4) is 0 Å². The second kappa shape index (κ2) is 11.1. The highest BCUT2D eigenvalue weighted by Crippen LogP contribution is 2.39. The highest BCUT2D eigenvalue weighted by molar-refractivity contribution is 8.00. The summed E-state index contributed by atoms with van der Waals surface area (Å²) in [5, 5.41) is 2.71. The van der Waals surface area contributed by atoms with Crippen LogP contribution in [0.4, 0.5) is 5.69 Å². The maximum absolute atomic E-state index is 12.8. The lowest BCUT2D eigenvalue weighted by molar-refractivity contribution is -0.128. The first-order valence-electron chi connectivity index (χ1n) is 12.0. The molecule has 2 amide bonds. The normalized spacial score (nSPS) is 18.6. The minimum atomic E-state index is -3.59. The Labute approximate surface area is 220 Å². The van der Waals surface area contributed by atoms with Crippen molar-refractivity contribution < 1.29 is 22.7 Å². The fourth-order valence-electron chi connectivity index (χ4n) is 4.33. The van der Waals surface area contributed by atoms with Crippen molar-refractivity contribution in [2.45, 2.75) is 16.8 Å². The fourth-order valence-corrected chi connectivity index (χ4v) is 6.93. The van der Waals surface area contributed by atoms with E-state index >= 15 is 0 Å². The van der Waals surface area contributed by atoms with E-state index in [1.165, 1.54) is 16.4 Å². The molecule has 2 heterocycles. The summed E-state index contributed by atoms with van der Waals surface area (Å²) in [5.41, 5.74) is 3.00. The van der Waals surface area contributed by atoms with Crippen LogP contribution in [-0.2, 0) is 26.1 Å². The number of hydrogen-bond acceptors (Lipinski definition) is 6. The molecule has 0 aliphatic carbocycles. The van der Waals surface area contributed by atoms with Crippen molar-refractivity contribution in [3.05, 3.63) is 95.6 Å². The van der Waals surface area contributed by atoms with Crippen molar-refractivity contribution >= 4 is 39.3 Å². The van der Waals surface area contributed by atoms with Crippen LogP contribution in [0.2, 0.25) is 0 Å². The number of anilines is 1. The predicted molar refractivity (Wildman–Crippen MR) is 143 cm³/mol. The Hall–Kier alpha value is -3.18. The summed E-state index contributed by atoms with van der Waals surface area (Å²) in [4.78, 5) is 27.4. The van der Waals surface area contributed by atoms with Crippen molar-refractivity contribution in [1.29, 1.82) is 0 Å². The van der Waals surface area contributed by atoms with Crippen LogP contribution in [0.5, 0.6) is 0 Å². The Morgan fingerprint density at radius 1 is 0.946 bits per heavy atom. The van der Waals surface area contributed by atoms with E-state index in [-0.39, 0.29) is 22.1 Å². The van der Waals surface area contributed by atoms with Crippen molar-refractivity contribution in [1.82, 2.24) is 9.21 Å². The number of thioether (sulfide) groups is 1. The largest absolute Gasteiger partial charge is 0.379 e. The molecule has 37 heavy (non-hydrogen) atoms. The van der Waals surface area contributed by atoms with E-state index in [1.807, 2.05) is 47.4 Å². The van der Waals surface area contributed by atoms with Crippen LogP contribution in [0.25, 0.3) is 0 Å². The van der Waals surface area contributed by atoms with Gasteiger partial charge in [0.05, 0.1) is 23.9 Å². The van der Waals surface area contributed by atoms with Crippen molar-refractivity contribution in [3.63, 3.8) is 0 Å². The predicted octanol–water partition coefficient (Wildman–Crippen LogP) is 3.73. The molecule has 2 aliphatic heterocycles. The van der Waals surface area contributed by atoms with E-state index in [0.717, 1.165) is 11.1 Å². The first-order chi connectivity index (χ1) is 17.9. The highest BCUT2D eigenvalue weighted by atomic mass is 32.2. The minimum Gasteiger partial charge on any atom is -0.379 e. The lowest BCUT2D eigenvalue weighted by atomic mass is 10.1. The van der Waals surface area contributed by atoms with Crippen molar-refractivity contribution in [3.8, 4) is 0 Å². The summed E-state index contributed by atoms with van der Waals surface area (Å²) in [7, 11) is -3.59. The molecule has 0 saturated carbocycles. The van der Waals surface area contributed by atoms with E-state index in [4.69, 9.17) is 4.74 Å². The molecule has 3 aromatic rings. The molecule has 0 unspecified atom stereocenters. The molecule has 8 nitrogen and oxygen atoms in total. The first-order valence-corrected chi connectivity index (χ1v) is 14.4. The zero-order valence-corrected chi connectivity index (χ0v) is 21.7. The average molecular weight is 538 g/mol. The van der Waals surface area contributed by atoms with E-state index in [1.54, 1.807) is 36.0 Å². The Bertz CT molecular complexity index is 1360. The number of ether oxygens (including phenoxy) is 1. The number of amides is 2. The smallest absolute Gasteiger partial charge is 0.255 e. The Morgan fingerprint density at radius 3 is 2.30 bits per heavy atom. The molecule has 192 valence electrons. The minimum absolute atomic E-state index is 0.0970. The lowest BCUT2D eigenvalue weighted by Crippen LogP contribution is -2.40. The zero-order valence-electron chi connectivity index (χ0n) is 20.1. The fraction of sp³-hybridized carbons (Fsp3) is 0.259. The second-order valence-corrected chi connectivity index (χ2v) is 11.8. The Morgan fingerprint density at radius 2 is 1.62 bits per heavy atom. The molecule has 2 fully saturated rings. The number of morpholine rings is 1. The van der Waals surface area contributed by atoms with Gasteiger partial charge in [0.2, 0.25) is 15.9 Å². The number of nitrogens with one attached hydrogen (secondary N) is 1. The summed E-state index contributed by atoms with van der Waals surface area (Å²) in [5.74, 6) is 0.225. The summed E-state index contributed by atoms with van der Waals surface area (Å²) < 4.78 is 32.2. The van der Waals surface area contributed by atoms with Crippen LogP contribution in [0.15, 0.2) is 83.8 Å². The third-order valence-electron chi connectivity index (χ3n) is 6.34. The average Bonchev–Trinajstić information content (AvgIpc) is 3.29. The highest BCUT2D eigenvalue weighted by Gasteiger charge is 2.33. The summed E-state index contributed by atoms with van der Waals surface area (Å²) in [6, 6.07) is 23.3. The van der Waals surface area contributed by atoms with Crippen LogP contribution in [0.1, 0.15) is 26.9 Å². The van der Waals surface area contributed by atoms with Crippen molar-refractivity contribution in [2.24, 2.45) is 0 Å². The third-order valence-corrected chi connectivity index (χ3v) is 9.51. The summed E-state index contributed by atoms with van der Waals surface area (Å²) in [6.45, 7) is 1.96. The van der Waals surface area contributed by atoms with Gasteiger partial charge in [-0.05, 0) is 47.5 Å². The standard InChI is InChI=1S/C27H27N3O5S2/c31-25-19-36-27(30(25)18-20-4-2-1-3-5-20)22-8-6-21(7-9-22)26(32)28-23-10-12-24(13-11-23)37(33,34)29-14-16-35-17-15-29/h1-13,27H,14-19H2,(H,28,32)/t27-/m0/s1. The maximum Gasteiger partial charge on any atom is 0.255 e. The maximum atomic E-state index is 12.8. The van der Waals surface area contributed by atoms with Gasteiger partial charge in [-0.25, -0.2) is 8.42 Å². The molecule has 1 N–H and O–H groups in total. The van der Waals surface area contributed by atoms with Gasteiger partial charge in [-0.15, -0.1) is 11.8 Å². The molecule has 1 atom stereocenters. The van der Waals surface area contributed by atoms with E-state index < -0.39 is 10.0 Å². The van der Waals surface area contributed by atoms with Gasteiger partial charge in [-0.2, -0.15) is 4.31 Å². The van der Waals surface area contributed by atoms with Gasteiger partial charge < -0.3 is 15.0 Å². The molecule has 3 aromatic carbocycles. The SMILES string of the molecule is O=C(Nc1ccc(S(=O)(=O)N2CCOCC2)cc1)c1ccc([C@@H]2SCC(=O)N2Cc2ccccc2)cc1. The summed E-state index contributed by atoms with van der Waals surface area (Å²) in [6.07, 6.45) is 0. The molecular weight excluding hydrogens is 510 g/mol. The molecule has 0 radical (unpaired) electrons. The van der Waals surface area contributed by atoms with E-state index in [2.05, 4.69) is 5.32 Å². The van der Waals surface area contributed by atoms with Crippen LogP contribution >= 0.6 is 11.8 Å². The van der Waals surface area contributed by atoms with Gasteiger partial charge in [0.25, 0.3) is 5.91 Å². The molecule has 5 rings (SSSR count). The number of benzene rings is 3. The topological polar surface area (TPSA) is 96.0 Å². The second-order valence-electron chi connectivity index (χ2n) is 8.79. The van der Waals surface area contributed by atoms with E-state index in [9.17, 15) is 18.0 Å². The lowest BCUT2D eigenvalue weighted by Gasteiger charge is -2.26. The number of hydrogen-bond donors (Lipinski definition) is 1. The Balaban J connectivity index is 1.23. The van der Waals surface area contributed by atoms with Crippen LogP contribution in [0, 0.1) is 0 Å². The molecule has 2 aliphatic rings. The monoisotopic (exact) mass is 537 g/mol. The van der Waals surface area contributed by atoms with Gasteiger partial charge in [0.15, 0.2) is 0 Å². The van der Waals surface area contributed by atoms with Gasteiger partial charge in [-0.3, -0.25) is 9.59 Å². The number of carbonyl (C=O) groups excluding carboxylic acids is 2. The van der Waals surface area contributed by atoms with Gasteiger partial charge in [0, 0.05) is 30.9 Å². The number of carbonyl (C=O) groups is 2.